The van der Waals surface area contributed by atoms with Crippen molar-refractivity contribution in [3.8, 4) is 0 Å². The van der Waals surface area contributed by atoms with Gasteiger partial charge in [-0.05, 0) is 31.3 Å². The van der Waals surface area contributed by atoms with Crippen LogP contribution in [0.25, 0.3) is 0 Å². The molecule has 0 unspecified atom stereocenters. The van der Waals surface area contributed by atoms with Crippen molar-refractivity contribution in [3.63, 3.8) is 0 Å². The van der Waals surface area contributed by atoms with Gasteiger partial charge in [-0.1, -0.05) is 16.9 Å². The highest BCUT2D eigenvalue weighted by atomic mass is 32.2. The summed E-state index contributed by atoms with van der Waals surface area (Å²) in [4.78, 5) is 46.8. The number of hydrogen-bond acceptors (Lipinski definition) is 13. The number of β-lactam (4-membered cyclic amide) rings is 1. The van der Waals surface area contributed by atoms with Gasteiger partial charge in [0.15, 0.2) is 9.47 Å². The number of carboxylic acids is 1. The Bertz CT molecular complexity index is 1140. The molecule has 0 aliphatic carbocycles. The molecule has 5 N–H and O–H groups in total. The van der Waals surface area contributed by atoms with Crippen molar-refractivity contribution in [2.45, 2.75) is 36.2 Å². The number of oxime groups is 1. The number of carbonyl (C=O) groups is 3. The summed E-state index contributed by atoms with van der Waals surface area (Å²) in [7, 11) is 0. The van der Waals surface area contributed by atoms with Crippen LogP contribution in [0.4, 0.5) is 5.13 Å². The average molecular weight is 483 g/mol. The molecule has 1 saturated heterocycles. The number of aryl methyl sites for hydroxylation is 1. The molecule has 0 bridgehead atoms. The Kier molecular flexibility index (Phi) is 5.59. The van der Waals surface area contributed by atoms with E-state index in [-0.39, 0.29) is 16.7 Å². The fourth-order valence-corrected chi connectivity index (χ4v) is 5.60. The number of nitrogens with two attached hydrogens (primary N) is 1. The summed E-state index contributed by atoms with van der Waals surface area (Å²) < 4.78 is 8.47. The number of nitrogen functional groups attached to an aromatic ring is 1. The van der Waals surface area contributed by atoms with Crippen LogP contribution in [-0.2, 0) is 14.4 Å². The van der Waals surface area contributed by atoms with Gasteiger partial charge >= 0.3 is 5.97 Å². The maximum Gasteiger partial charge on any atom is 0.353 e. The minimum atomic E-state index is -1.24. The number of nitrogens with zero attached hydrogens (tertiary/aromatic N) is 6. The number of thioether (sulfide) groups is 1. The molecule has 162 valence electrons. The molecule has 2 aromatic rings. The van der Waals surface area contributed by atoms with E-state index in [2.05, 4.69) is 29.2 Å². The van der Waals surface area contributed by atoms with Gasteiger partial charge in [0.2, 0.25) is 11.5 Å². The molecule has 0 spiro atoms. The van der Waals surface area contributed by atoms with Gasteiger partial charge in [-0.25, -0.2) is 9.78 Å². The molecule has 31 heavy (non-hydrogen) atoms. The SMILES string of the molecule is Cc1nsc(SC2=C(C(=O)O)N3C(=O)[C@@H](NC(=O)/C(=N\O)c4nsc(N)n4)[C@H]3CC2)n1. The van der Waals surface area contributed by atoms with E-state index in [1.807, 2.05) is 0 Å². The number of allylic oxidation sites excluding steroid dienone is 1. The Morgan fingerprint density at radius 1 is 1.32 bits per heavy atom. The molecule has 2 aromatic heterocycles. The molecule has 1 fully saturated rings. The minimum absolute atomic E-state index is 0.0778. The van der Waals surface area contributed by atoms with Crippen molar-refractivity contribution < 1.29 is 24.7 Å². The third kappa shape index (κ3) is 3.84. The van der Waals surface area contributed by atoms with Gasteiger partial charge in [-0.3, -0.25) is 14.5 Å². The smallest absolute Gasteiger partial charge is 0.353 e. The highest BCUT2D eigenvalue weighted by Crippen LogP contribution is 2.43. The van der Waals surface area contributed by atoms with Crippen LogP contribution in [0.1, 0.15) is 24.5 Å². The number of carbonyl (C=O) groups excluding carboxylic acids is 2. The van der Waals surface area contributed by atoms with Crippen LogP contribution < -0.4 is 11.1 Å². The summed E-state index contributed by atoms with van der Waals surface area (Å²) in [6.07, 6.45) is 0.817. The van der Waals surface area contributed by atoms with Gasteiger partial charge in [0.1, 0.15) is 17.6 Å². The number of aromatic nitrogens is 4. The summed E-state index contributed by atoms with van der Waals surface area (Å²) in [5.74, 6) is -2.29. The molecule has 4 rings (SSSR count). The van der Waals surface area contributed by atoms with Crippen LogP contribution in [0.5, 0.6) is 0 Å². The van der Waals surface area contributed by atoms with Gasteiger partial charge in [0, 0.05) is 16.4 Å². The lowest BCUT2D eigenvalue weighted by Gasteiger charge is -2.49. The number of nitrogens with one attached hydrogen (secondary N) is 1. The van der Waals surface area contributed by atoms with Crippen molar-refractivity contribution in [2.75, 3.05) is 5.73 Å². The molecule has 0 saturated carbocycles. The summed E-state index contributed by atoms with van der Waals surface area (Å²) in [5, 5.41) is 24.3. The van der Waals surface area contributed by atoms with Crippen molar-refractivity contribution >= 4 is 63.5 Å². The average Bonchev–Trinajstić information content (AvgIpc) is 3.34. The predicted molar refractivity (Wildman–Crippen MR) is 110 cm³/mol. The number of rotatable bonds is 6. The Balaban J connectivity index is 1.52. The zero-order valence-corrected chi connectivity index (χ0v) is 18.1. The topological polar surface area (TPSA) is 197 Å². The van der Waals surface area contributed by atoms with E-state index in [9.17, 15) is 24.7 Å². The van der Waals surface area contributed by atoms with Crippen LogP contribution in [0.3, 0.4) is 0 Å². The van der Waals surface area contributed by atoms with Gasteiger partial charge in [-0.2, -0.15) is 13.7 Å². The zero-order valence-electron chi connectivity index (χ0n) is 15.7. The highest BCUT2D eigenvalue weighted by molar-refractivity contribution is 8.04. The van der Waals surface area contributed by atoms with Crippen molar-refractivity contribution in [2.24, 2.45) is 5.16 Å². The lowest BCUT2D eigenvalue weighted by Crippen LogP contribution is -2.72. The molecular weight excluding hydrogens is 468 g/mol. The first-order valence-corrected chi connectivity index (χ1v) is 11.1. The van der Waals surface area contributed by atoms with E-state index >= 15 is 0 Å². The first-order valence-electron chi connectivity index (χ1n) is 8.70. The molecule has 0 aromatic carbocycles. The van der Waals surface area contributed by atoms with E-state index in [0.29, 0.717) is 27.9 Å². The number of anilines is 1. The fraction of sp³-hybridized carbons (Fsp3) is 0.333. The normalized spacial score (nSPS) is 21.0. The minimum Gasteiger partial charge on any atom is -0.477 e. The van der Waals surface area contributed by atoms with Gasteiger partial charge < -0.3 is 21.4 Å². The summed E-state index contributed by atoms with van der Waals surface area (Å²) >= 11 is 3.14. The summed E-state index contributed by atoms with van der Waals surface area (Å²) in [6.45, 7) is 1.73. The third-order valence-electron chi connectivity index (χ3n) is 4.57. The Morgan fingerprint density at radius 2 is 2.10 bits per heavy atom. The molecule has 2 amide bonds. The Labute approximate surface area is 186 Å². The monoisotopic (exact) mass is 482 g/mol. The number of aliphatic carboxylic acids is 1. The zero-order chi connectivity index (χ0) is 22.3. The first kappa shape index (κ1) is 21.1. The molecule has 2 atom stereocenters. The Morgan fingerprint density at radius 3 is 2.68 bits per heavy atom. The lowest BCUT2D eigenvalue weighted by molar-refractivity contribution is -0.155. The second-order valence-electron chi connectivity index (χ2n) is 6.46. The second-order valence-corrected chi connectivity index (χ2v) is 9.33. The van der Waals surface area contributed by atoms with Crippen LogP contribution in [0, 0.1) is 6.92 Å². The fourth-order valence-electron chi connectivity index (χ4n) is 3.29. The predicted octanol–water partition coefficient (Wildman–Crippen LogP) is 0.0364. The molecule has 0 radical (unpaired) electrons. The molecule has 2 aliphatic heterocycles. The first-order chi connectivity index (χ1) is 14.8. The molecule has 2 aliphatic rings. The number of amides is 2. The summed E-state index contributed by atoms with van der Waals surface area (Å²) in [5.41, 5.74) is 4.85. The number of fused-ring (bicyclic) bond motifs is 1. The van der Waals surface area contributed by atoms with Crippen molar-refractivity contribution in [3.05, 3.63) is 22.3 Å². The highest BCUT2D eigenvalue weighted by Gasteiger charge is 2.54. The Hall–Kier alpha value is -3.11. The van der Waals surface area contributed by atoms with Gasteiger partial charge in [0.25, 0.3) is 11.8 Å². The van der Waals surface area contributed by atoms with E-state index in [1.165, 1.54) is 16.7 Å². The molecule has 13 nitrogen and oxygen atoms in total. The maximum atomic E-state index is 12.7. The van der Waals surface area contributed by atoms with Crippen LogP contribution in [-0.4, -0.2) is 69.5 Å². The third-order valence-corrected chi connectivity index (χ3v) is 7.10. The standard InChI is InChI=1S/C15H14N8O5S3/c1-4-17-15(31-21-4)29-6-3-2-5-7(12(25)23(5)9(6)13(26)27)18-11(24)8(20-28)10-19-14(16)30-22-10/h5,7,28H,2-3H2,1H3,(H,18,24)(H,26,27)(H2,16,19,22)/b20-8-/t5-,7+/m1/s1. The van der Waals surface area contributed by atoms with E-state index in [1.54, 1.807) is 6.92 Å². The van der Waals surface area contributed by atoms with Crippen molar-refractivity contribution in [1.29, 1.82) is 0 Å². The van der Waals surface area contributed by atoms with Crippen LogP contribution in [0.2, 0.25) is 0 Å². The van der Waals surface area contributed by atoms with Gasteiger partial charge in [-0.15, -0.1) is 0 Å². The van der Waals surface area contributed by atoms with Crippen LogP contribution in [0.15, 0.2) is 20.1 Å². The quantitative estimate of drug-likeness (QED) is 0.188. The second kappa shape index (κ2) is 8.20. The van der Waals surface area contributed by atoms with E-state index < -0.39 is 35.6 Å². The van der Waals surface area contributed by atoms with E-state index in [4.69, 9.17) is 5.73 Å². The van der Waals surface area contributed by atoms with Crippen LogP contribution >= 0.6 is 34.8 Å². The molecule has 16 heteroatoms. The van der Waals surface area contributed by atoms with E-state index in [0.717, 1.165) is 23.1 Å². The molecule has 4 heterocycles. The lowest BCUT2D eigenvalue weighted by atomic mass is 9.86. The molecular formula is C15H14N8O5S3. The largest absolute Gasteiger partial charge is 0.477 e. The van der Waals surface area contributed by atoms with Crippen molar-refractivity contribution in [1.82, 2.24) is 28.9 Å². The number of carboxylic acid groups (broad SMARTS) is 1. The van der Waals surface area contributed by atoms with Gasteiger partial charge in [0.05, 0.1) is 6.04 Å². The number of hydrogen-bond donors (Lipinski definition) is 4. The summed E-state index contributed by atoms with van der Waals surface area (Å²) in [6, 6.07) is -1.51. The maximum absolute atomic E-state index is 12.7.